The normalized spacial score (nSPS) is 19.3. The largest absolute Gasteiger partial charge is 0.309 e. The van der Waals surface area contributed by atoms with Crippen LogP contribution in [0.4, 0.5) is 0 Å². The quantitative estimate of drug-likeness (QED) is 0.176. The molecule has 0 amide bonds. The molecule has 0 atom stereocenters. The number of fused-ring (bicyclic) bond motifs is 9. The van der Waals surface area contributed by atoms with E-state index in [4.69, 9.17) is 23.3 Å². The third-order valence-corrected chi connectivity index (χ3v) is 8.68. The second-order valence-electron chi connectivity index (χ2n) is 11.3. The maximum Gasteiger partial charge on any atom is 0.0667 e. The van der Waals surface area contributed by atoms with Gasteiger partial charge < -0.3 is 13.7 Å². The summed E-state index contributed by atoms with van der Waals surface area (Å²) in [7, 11) is 0. The van der Waals surface area contributed by atoms with Gasteiger partial charge in [-0.2, -0.15) is 0 Å². The highest BCUT2D eigenvalue weighted by Crippen LogP contribution is 2.40. The molecule has 11 aromatic rings. The third-order valence-electron chi connectivity index (χ3n) is 8.68. The Morgan fingerprint density at radius 2 is 0.725 bits per heavy atom. The molecule has 0 saturated heterocycles. The lowest BCUT2D eigenvalue weighted by molar-refractivity contribution is 1.15. The summed E-state index contributed by atoms with van der Waals surface area (Å²) < 4.78 is 248. The first-order chi connectivity index (χ1) is 36.6. The van der Waals surface area contributed by atoms with Crippen LogP contribution in [-0.2, 0) is 0 Å². The molecule has 51 heavy (non-hydrogen) atoms. The second kappa shape index (κ2) is 10.8. The van der Waals surface area contributed by atoms with Gasteiger partial charge in [0.15, 0.2) is 0 Å². The van der Waals surface area contributed by atoms with E-state index < -0.39 is 240 Å². The van der Waals surface area contributed by atoms with Crippen LogP contribution in [0.25, 0.3) is 93.6 Å². The smallest absolute Gasteiger partial charge is 0.0667 e. The zero-order chi connectivity index (χ0) is 57.0. The first-order valence-electron chi connectivity index (χ1n) is 28.8. The fourth-order valence-electron chi connectivity index (χ4n) is 6.60. The Morgan fingerprint density at radius 3 is 1.25 bits per heavy atom. The number of rotatable bonds is 4. The molecule has 0 bridgehead atoms. The average molecular weight is 677 g/mol. The van der Waals surface area contributed by atoms with Crippen molar-refractivity contribution in [2.75, 3.05) is 0 Å². The minimum absolute atomic E-state index is 0.142. The van der Waals surface area contributed by atoms with Crippen molar-refractivity contribution < 1.29 is 37.0 Å². The van der Waals surface area contributed by atoms with Crippen molar-refractivity contribution in [2.24, 2.45) is 0 Å². The van der Waals surface area contributed by atoms with Crippen LogP contribution in [-0.4, -0.2) is 13.7 Å². The SMILES string of the molecule is [2H]c1c([2H])c([2H])c(-c2ccccc2-n2c3c([2H])c([2H])c([2H])c([2H])c3c3c([2H])c([2H])c(-n4c5c([2H])c([2H])c([2H])c([2H])c5c5c([2H])c([2H])c(-n6c7c([2H])c([2H])c([2H])c([2H])c7c7c([2H])c([2H])c([2H])c([2H])c76)c([2H])c54)c([2H])c32)c([2H])c1[2H]. The van der Waals surface area contributed by atoms with E-state index in [1.807, 2.05) is 0 Å². The van der Waals surface area contributed by atoms with Gasteiger partial charge in [0, 0.05) is 49.3 Å². The molecule has 3 nitrogen and oxygen atoms in total. The molecular weight excluding hydrogens is 619 g/mol. The lowest BCUT2D eigenvalue weighted by atomic mass is 10.0. The monoisotopic (exact) mass is 676 g/mol. The van der Waals surface area contributed by atoms with Crippen LogP contribution >= 0.6 is 0 Å². The van der Waals surface area contributed by atoms with Gasteiger partial charge in [0.25, 0.3) is 0 Å². The van der Waals surface area contributed by atoms with Gasteiger partial charge in [0.1, 0.15) is 0 Å². The Morgan fingerprint density at radius 1 is 0.333 bits per heavy atom. The van der Waals surface area contributed by atoms with Crippen LogP contribution in [0.15, 0.2) is 187 Å². The van der Waals surface area contributed by atoms with Gasteiger partial charge in [-0.15, -0.1) is 0 Å². The number of hydrogen-bond acceptors (Lipinski definition) is 0. The summed E-state index contributed by atoms with van der Waals surface area (Å²) in [6.07, 6.45) is 0. The highest BCUT2D eigenvalue weighted by Gasteiger charge is 2.19. The van der Waals surface area contributed by atoms with E-state index in [-0.39, 0.29) is 16.8 Å². The fraction of sp³-hybridized carbons (Fsp3) is 0. The summed E-state index contributed by atoms with van der Waals surface area (Å²) in [5.41, 5.74) is -5.69. The molecule has 238 valence electrons. The molecule has 0 aliphatic heterocycles. The number of para-hydroxylation sites is 5. The van der Waals surface area contributed by atoms with E-state index in [2.05, 4.69) is 0 Å². The molecule has 3 heterocycles. The Labute approximate surface area is 332 Å². The zero-order valence-corrected chi connectivity index (χ0v) is 25.7. The Kier molecular flexibility index (Phi) is 2.65. The summed E-state index contributed by atoms with van der Waals surface area (Å²) in [5, 5.41) is -2.92. The maximum absolute atomic E-state index is 10.3. The highest BCUT2D eigenvalue weighted by molar-refractivity contribution is 6.13. The summed E-state index contributed by atoms with van der Waals surface area (Å²) in [4.78, 5) is 0. The van der Waals surface area contributed by atoms with Crippen LogP contribution in [0.3, 0.4) is 0 Å². The lowest BCUT2D eigenvalue weighted by Crippen LogP contribution is -1.99. The van der Waals surface area contributed by atoms with Crippen molar-refractivity contribution in [3.8, 4) is 28.2 Å². The molecule has 0 aliphatic carbocycles. The van der Waals surface area contributed by atoms with E-state index in [0.29, 0.717) is 0 Å². The standard InChI is InChI=1S/C48H31N3/c1-2-14-32(15-3-1)35-16-4-9-21-42(35)51-46-25-13-8-20-39(46)41-29-27-34(31-48(41)51)50-45-24-12-7-19-38(45)40-28-26-33(30-47(40)50)49-43-22-10-5-17-36(43)37-18-6-11-23-44(37)49/h1-31H/i1D,2D,3D,5D,6D,7D,8D,10D,11D,12D,13D,14D,15D,17D,18D,19D,20D,22D,23D,24D,25D,26D,27D,28D,29D,30D,31D. The minimum atomic E-state index is -0.966. The van der Waals surface area contributed by atoms with Crippen LogP contribution in [0.5, 0.6) is 0 Å². The van der Waals surface area contributed by atoms with E-state index >= 15 is 0 Å². The summed E-state index contributed by atoms with van der Waals surface area (Å²) >= 11 is 0. The topological polar surface area (TPSA) is 14.8 Å². The summed E-state index contributed by atoms with van der Waals surface area (Å²) in [5.74, 6) is 0. The molecule has 3 heteroatoms. The van der Waals surface area contributed by atoms with E-state index in [0.717, 1.165) is 13.7 Å². The molecule has 0 N–H and O–H groups in total. The van der Waals surface area contributed by atoms with Gasteiger partial charge in [0.2, 0.25) is 0 Å². The molecule has 0 fully saturated rings. The highest BCUT2D eigenvalue weighted by atomic mass is 15.0. The number of nitrogens with zero attached hydrogens (tertiary/aromatic N) is 3. The number of aromatic nitrogens is 3. The van der Waals surface area contributed by atoms with Gasteiger partial charge >= 0.3 is 0 Å². The van der Waals surface area contributed by atoms with Crippen molar-refractivity contribution in [1.29, 1.82) is 0 Å². The molecule has 0 unspecified atom stereocenters. The van der Waals surface area contributed by atoms with Crippen molar-refractivity contribution in [3.63, 3.8) is 0 Å². The number of benzene rings is 8. The van der Waals surface area contributed by atoms with E-state index in [9.17, 15) is 13.7 Å². The first kappa shape index (κ1) is 12.5. The van der Waals surface area contributed by atoms with Gasteiger partial charge in [-0.1, -0.05) is 133 Å². The molecule has 11 rings (SSSR count). The summed E-state index contributed by atoms with van der Waals surface area (Å²) in [6.45, 7) is 0. The molecule has 0 spiro atoms. The predicted molar refractivity (Wildman–Crippen MR) is 215 cm³/mol. The minimum Gasteiger partial charge on any atom is -0.309 e. The predicted octanol–water partition coefficient (Wildman–Crippen LogP) is 12.6. The second-order valence-corrected chi connectivity index (χ2v) is 11.3. The van der Waals surface area contributed by atoms with Crippen LogP contribution in [0, 0.1) is 0 Å². The summed E-state index contributed by atoms with van der Waals surface area (Å²) in [6, 6.07) is -16.8. The Balaban J connectivity index is 1.42. The van der Waals surface area contributed by atoms with Gasteiger partial charge in [-0.25, -0.2) is 0 Å². The molecule has 3 aromatic heterocycles. The lowest BCUT2D eigenvalue weighted by Gasteiger charge is -2.15. The van der Waals surface area contributed by atoms with Crippen molar-refractivity contribution in [1.82, 2.24) is 13.7 Å². The number of hydrogen-bond donors (Lipinski definition) is 0. The van der Waals surface area contributed by atoms with Crippen molar-refractivity contribution in [3.05, 3.63) is 187 Å². The average Bonchev–Trinajstić information content (AvgIpc) is 4.27. The van der Waals surface area contributed by atoms with E-state index in [1.54, 1.807) is 0 Å². The van der Waals surface area contributed by atoms with Gasteiger partial charge in [-0.05, 0) is 60.0 Å². The third kappa shape index (κ3) is 4.06. The van der Waals surface area contributed by atoms with Crippen molar-refractivity contribution in [2.45, 2.75) is 0 Å². The maximum atomic E-state index is 10.3. The molecule has 0 saturated carbocycles. The molecule has 8 aromatic carbocycles. The van der Waals surface area contributed by atoms with Crippen LogP contribution in [0.2, 0.25) is 0 Å². The Bertz CT molecular complexity index is 4600. The van der Waals surface area contributed by atoms with Crippen LogP contribution in [0.1, 0.15) is 37.0 Å². The Hall–Kier alpha value is -6.84. The van der Waals surface area contributed by atoms with Crippen molar-refractivity contribution >= 4 is 65.4 Å². The molecule has 0 radical (unpaired) electrons. The van der Waals surface area contributed by atoms with Crippen LogP contribution < -0.4 is 0 Å². The molecular formula is C48H31N3. The zero-order valence-electron chi connectivity index (χ0n) is 52.7. The van der Waals surface area contributed by atoms with Gasteiger partial charge in [0.05, 0.1) is 75.8 Å². The fourth-order valence-corrected chi connectivity index (χ4v) is 6.60. The van der Waals surface area contributed by atoms with Gasteiger partial charge in [-0.3, -0.25) is 0 Å². The van der Waals surface area contributed by atoms with E-state index in [1.165, 1.54) is 24.3 Å². The first-order valence-corrected chi connectivity index (χ1v) is 15.3. The molecule has 0 aliphatic rings.